The van der Waals surface area contributed by atoms with Crippen molar-refractivity contribution in [3.05, 3.63) is 88.0 Å². The molecular formula is C55H94N2NiO2. The van der Waals surface area contributed by atoms with Crippen LogP contribution in [-0.2, 0) is 29.3 Å². The predicted octanol–water partition coefficient (Wildman–Crippen LogP) is 17.3. The van der Waals surface area contributed by atoms with Crippen LogP contribution >= 0.6 is 0 Å². The summed E-state index contributed by atoms with van der Waals surface area (Å²) in [4.78, 5) is 0. The first-order valence-electron chi connectivity index (χ1n) is 25.2. The van der Waals surface area contributed by atoms with Crippen molar-refractivity contribution in [3.63, 3.8) is 0 Å². The van der Waals surface area contributed by atoms with Crippen molar-refractivity contribution in [2.75, 3.05) is 14.2 Å². The Morgan fingerprint density at radius 3 is 1.13 bits per heavy atom. The fourth-order valence-electron chi connectivity index (χ4n) is 8.61. The summed E-state index contributed by atoms with van der Waals surface area (Å²) >= 11 is 0. The van der Waals surface area contributed by atoms with Crippen LogP contribution in [0.15, 0.2) is 60.2 Å². The summed E-state index contributed by atoms with van der Waals surface area (Å²) in [5.41, 5.74) is 19.9. The Balaban J connectivity index is 0.00000675. The molecule has 0 fully saturated rings. The van der Waals surface area contributed by atoms with Gasteiger partial charge in [0.25, 0.3) is 0 Å². The van der Waals surface area contributed by atoms with Crippen LogP contribution in [0.25, 0.3) is 16.9 Å². The van der Waals surface area contributed by atoms with Crippen molar-refractivity contribution in [1.29, 1.82) is 0 Å². The van der Waals surface area contributed by atoms with E-state index in [1.54, 1.807) is 0 Å². The number of nitrogens with zero attached hydrogens (tertiary/aromatic N) is 2. The van der Waals surface area contributed by atoms with Gasteiger partial charge in [-0.1, -0.05) is 225 Å². The monoisotopic (exact) mass is 873 g/mol. The zero-order valence-electron chi connectivity index (χ0n) is 39.8. The summed E-state index contributed by atoms with van der Waals surface area (Å²) in [5.74, 6) is 0. The summed E-state index contributed by atoms with van der Waals surface area (Å²) < 4.78 is 1.49. The minimum absolute atomic E-state index is 0. The van der Waals surface area contributed by atoms with Crippen LogP contribution in [0.3, 0.4) is 0 Å². The van der Waals surface area contributed by atoms with E-state index in [-0.39, 0.29) is 16.5 Å². The molecule has 5 heteroatoms. The van der Waals surface area contributed by atoms with E-state index in [9.17, 15) is 5.53 Å². The minimum Gasteiger partial charge on any atom is -0.493 e. The molecule has 1 aliphatic rings. The largest absolute Gasteiger partial charge is 0.493 e. The molecule has 2 N–H and O–H groups in total. The maximum atomic E-state index is 11.7. The molecule has 0 saturated heterocycles. The van der Waals surface area contributed by atoms with Crippen LogP contribution in [0.2, 0.25) is 0 Å². The third-order valence-electron chi connectivity index (χ3n) is 12.2. The Hall–Kier alpha value is -2.07. The SMILES string of the molecule is CCCCCCCCCCCCCCCCCCCCCCCCCCCc1cccc(C2=C(CCCCCC)C=C(c3cccc(CCCC)c3)[N+]2=[N-])c1.CO.CO.[Ni]. The molecule has 1 heterocycles. The summed E-state index contributed by atoms with van der Waals surface area (Å²) in [6, 6.07) is 17.8. The number of benzene rings is 2. The van der Waals surface area contributed by atoms with Gasteiger partial charge in [0.1, 0.15) is 0 Å². The Kier molecular flexibility index (Phi) is 40.8. The van der Waals surface area contributed by atoms with Gasteiger partial charge in [0, 0.05) is 53.5 Å². The number of aryl methyl sites for hydroxylation is 2. The topological polar surface area (TPSA) is 65.8 Å². The maximum Gasteiger partial charge on any atom is 0.210 e. The van der Waals surface area contributed by atoms with Crippen LogP contribution in [-0.4, -0.2) is 29.1 Å². The van der Waals surface area contributed by atoms with Gasteiger partial charge < -0.3 is 15.7 Å². The van der Waals surface area contributed by atoms with Gasteiger partial charge in [-0.2, -0.15) is 0 Å². The van der Waals surface area contributed by atoms with E-state index in [4.69, 9.17) is 10.2 Å². The quantitative estimate of drug-likeness (QED) is 0.0407. The van der Waals surface area contributed by atoms with E-state index >= 15 is 0 Å². The number of allylic oxidation sites excluding steroid dienone is 2. The second-order valence-corrected chi connectivity index (χ2v) is 17.3. The molecule has 3 rings (SSSR count). The molecule has 0 aromatic heterocycles. The molecule has 0 saturated carbocycles. The molecule has 0 unspecified atom stereocenters. The van der Waals surface area contributed by atoms with Gasteiger partial charge in [0.05, 0.1) is 0 Å². The molecule has 1 aliphatic heterocycles. The molecular weight excluding hydrogens is 779 g/mol. The number of hydrogen-bond donors (Lipinski definition) is 2. The number of rotatable bonds is 36. The van der Waals surface area contributed by atoms with Crippen molar-refractivity contribution in [2.24, 2.45) is 0 Å². The van der Waals surface area contributed by atoms with Crippen molar-refractivity contribution in [1.82, 2.24) is 0 Å². The molecule has 2 aromatic carbocycles. The van der Waals surface area contributed by atoms with Crippen molar-refractivity contribution >= 4 is 11.4 Å². The van der Waals surface area contributed by atoms with E-state index in [1.807, 2.05) is 0 Å². The summed E-state index contributed by atoms with van der Waals surface area (Å²) in [6.45, 7) is 6.83. The number of aliphatic hydroxyl groups excluding tert-OH is 2. The van der Waals surface area contributed by atoms with Gasteiger partial charge in [0.2, 0.25) is 11.4 Å². The van der Waals surface area contributed by atoms with E-state index in [1.165, 1.54) is 220 Å². The number of aliphatic hydroxyl groups is 2. The molecule has 0 bridgehead atoms. The van der Waals surface area contributed by atoms with Gasteiger partial charge in [0.15, 0.2) is 0 Å². The van der Waals surface area contributed by atoms with Crippen LogP contribution in [0.4, 0.5) is 0 Å². The number of hydrogen-bond acceptors (Lipinski definition) is 2. The van der Waals surface area contributed by atoms with Gasteiger partial charge in [-0.15, -0.1) is 0 Å². The second kappa shape index (κ2) is 42.2. The van der Waals surface area contributed by atoms with Gasteiger partial charge >= 0.3 is 0 Å². The van der Waals surface area contributed by atoms with E-state index in [2.05, 4.69) is 75.4 Å². The average molecular weight is 874 g/mol. The summed E-state index contributed by atoms with van der Waals surface area (Å²) in [7, 11) is 2.00. The molecule has 0 spiro atoms. The summed E-state index contributed by atoms with van der Waals surface area (Å²) in [5, 5.41) is 14.0. The first kappa shape index (κ1) is 57.9. The zero-order valence-corrected chi connectivity index (χ0v) is 40.8. The minimum atomic E-state index is 0. The second-order valence-electron chi connectivity index (χ2n) is 17.3. The van der Waals surface area contributed by atoms with Gasteiger partial charge in [-0.3, -0.25) is 0 Å². The Labute approximate surface area is 382 Å². The van der Waals surface area contributed by atoms with Crippen molar-refractivity contribution < 1.29 is 31.4 Å². The van der Waals surface area contributed by atoms with E-state index in [0.29, 0.717) is 0 Å². The standard InChI is InChI=1S/C53H86N2.2CH4O.Ni/c1-4-7-10-12-13-14-15-16-17-18-19-20-21-22-23-24-25-26-27-28-29-30-31-32-33-38-48-40-36-43-50(45-48)53-51(41-34-11-8-5-2)46-52(55(53)54)49-42-35-39-47(44-49)37-9-6-3;2*1-2;/h35-36,39-40,42-46H,4-34,37-38,41H2,1-3H3;2*2H,1H3;. The molecule has 0 amide bonds. The van der Waals surface area contributed by atoms with Gasteiger partial charge in [-0.25, -0.2) is 4.70 Å². The predicted molar refractivity (Wildman–Crippen MR) is 260 cm³/mol. The molecule has 2 aromatic rings. The Bertz CT molecular complexity index is 1350. The normalized spacial score (nSPS) is 12.1. The summed E-state index contributed by atoms with van der Waals surface area (Å²) in [6.07, 6.45) is 48.6. The molecule has 4 nitrogen and oxygen atoms in total. The third kappa shape index (κ3) is 27.1. The van der Waals surface area contributed by atoms with E-state index in [0.717, 1.165) is 56.0 Å². The molecule has 0 aliphatic carbocycles. The molecule has 60 heavy (non-hydrogen) atoms. The third-order valence-corrected chi connectivity index (χ3v) is 12.2. The van der Waals surface area contributed by atoms with Gasteiger partial charge in [-0.05, 0) is 73.9 Å². The Morgan fingerprint density at radius 1 is 0.400 bits per heavy atom. The Morgan fingerprint density at radius 2 is 0.717 bits per heavy atom. The maximum absolute atomic E-state index is 11.7. The molecule has 346 valence electrons. The molecule has 0 atom stereocenters. The molecule has 0 radical (unpaired) electrons. The first-order chi connectivity index (χ1) is 29.2. The fourth-order valence-corrected chi connectivity index (χ4v) is 8.61. The van der Waals surface area contributed by atoms with Crippen molar-refractivity contribution in [2.45, 2.75) is 239 Å². The van der Waals surface area contributed by atoms with Crippen molar-refractivity contribution in [3.8, 4) is 0 Å². The van der Waals surface area contributed by atoms with Crippen LogP contribution in [0.5, 0.6) is 0 Å². The van der Waals surface area contributed by atoms with Crippen LogP contribution in [0, 0.1) is 0 Å². The average Bonchev–Trinajstić information content (AvgIpc) is 3.61. The van der Waals surface area contributed by atoms with Crippen LogP contribution < -0.4 is 0 Å². The zero-order chi connectivity index (χ0) is 43.0. The first-order valence-corrected chi connectivity index (χ1v) is 25.2. The van der Waals surface area contributed by atoms with E-state index < -0.39 is 0 Å². The van der Waals surface area contributed by atoms with Crippen LogP contribution in [0.1, 0.15) is 248 Å². The smallest absolute Gasteiger partial charge is 0.210 e. The number of unbranched alkanes of at least 4 members (excludes halogenated alkanes) is 28. The fraction of sp³-hybridized carbons (Fsp3) is 0.709.